The molecule has 8 heteroatoms. The summed E-state index contributed by atoms with van der Waals surface area (Å²) in [5.41, 5.74) is -0.970. The standard InChI is InChI=1S/C16H24BClN2O4/c1-14(2,3)22-13(21)20-12-11(18)10(8-9-19-12)17-23-15(4,5)16(6,7)24-17/h8-9H,1-7H3,(H,19,20,21). The Hall–Kier alpha value is -1.31. The molecule has 0 aliphatic carbocycles. The second kappa shape index (κ2) is 6.21. The van der Waals surface area contributed by atoms with E-state index in [0.717, 1.165) is 0 Å². The number of amides is 1. The van der Waals surface area contributed by atoms with Gasteiger partial charge in [-0.3, -0.25) is 5.32 Å². The molecule has 2 rings (SSSR count). The highest BCUT2D eigenvalue weighted by Crippen LogP contribution is 2.37. The van der Waals surface area contributed by atoms with Crippen molar-refractivity contribution in [3.05, 3.63) is 17.3 Å². The van der Waals surface area contributed by atoms with E-state index in [0.29, 0.717) is 5.46 Å². The molecule has 0 bridgehead atoms. The second-order valence-electron chi connectivity index (χ2n) is 7.78. The monoisotopic (exact) mass is 354 g/mol. The summed E-state index contributed by atoms with van der Waals surface area (Å²) in [6.07, 6.45) is 0.918. The zero-order chi connectivity index (χ0) is 18.3. The second-order valence-corrected chi connectivity index (χ2v) is 8.16. The molecule has 1 aliphatic rings. The topological polar surface area (TPSA) is 69.7 Å². The zero-order valence-electron chi connectivity index (χ0n) is 15.2. The molecule has 0 aromatic carbocycles. The number of nitrogens with one attached hydrogen (secondary N) is 1. The van der Waals surface area contributed by atoms with Crippen LogP contribution in [0.5, 0.6) is 0 Å². The molecule has 1 amide bonds. The summed E-state index contributed by atoms with van der Waals surface area (Å²) in [7, 11) is -0.635. The Kier molecular flexibility index (Phi) is 4.92. The molecule has 0 atom stereocenters. The quantitative estimate of drug-likeness (QED) is 0.825. The number of rotatable bonds is 2. The van der Waals surface area contributed by atoms with Crippen LogP contribution in [-0.4, -0.2) is 35.0 Å². The van der Waals surface area contributed by atoms with Crippen LogP contribution in [0.3, 0.4) is 0 Å². The molecule has 2 heterocycles. The number of aromatic nitrogens is 1. The summed E-state index contributed by atoms with van der Waals surface area (Å²) in [5.74, 6) is 0.207. The van der Waals surface area contributed by atoms with E-state index in [-0.39, 0.29) is 10.8 Å². The van der Waals surface area contributed by atoms with Gasteiger partial charge in [-0.2, -0.15) is 0 Å². The number of ether oxygens (including phenoxy) is 1. The van der Waals surface area contributed by atoms with Crippen LogP contribution in [0.1, 0.15) is 48.5 Å². The fourth-order valence-corrected chi connectivity index (χ4v) is 2.35. The Labute approximate surface area is 148 Å². The van der Waals surface area contributed by atoms with Gasteiger partial charge in [-0.25, -0.2) is 9.78 Å². The van der Waals surface area contributed by atoms with Gasteiger partial charge >= 0.3 is 13.2 Å². The van der Waals surface area contributed by atoms with Gasteiger partial charge in [0.15, 0.2) is 5.82 Å². The fourth-order valence-electron chi connectivity index (χ4n) is 2.10. The van der Waals surface area contributed by atoms with Gasteiger partial charge in [-0.05, 0) is 54.5 Å². The molecule has 132 valence electrons. The van der Waals surface area contributed by atoms with Crippen molar-refractivity contribution in [2.75, 3.05) is 5.32 Å². The van der Waals surface area contributed by atoms with E-state index in [1.54, 1.807) is 33.0 Å². The van der Waals surface area contributed by atoms with Gasteiger partial charge in [-0.15, -0.1) is 0 Å². The van der Waals surface area contributed by atoms with E-state index >= 15 is 0 Å². The Morgan fingerprint density at radius 3 is 2.29 bits per heavy atom. The summed E-state index contributed by atoms with van der Waals surface area (Å²) in [4.78, 5) is 16.0. The van der Waals surface area contributed by atoms with Crippen LogP contribution in [0.4, 0.5) is 10.6 Å². The van der Waals surface area contributed by atoms with Crippen LogP contribution in [0.15, 0.2) is 12.3 Å². The largest absolute Gasteiger partial charge is 0.496 e. The number of hydrogen-bond acceptors (Lipinski definition) is 5. The molecule has 0 spiro atoms. The van der Waals surface area contributed by atoms with Gasteiger partial charge in [0, 0.05) is 11.7 Å². The number of anilines is 1. The Morgan fingerprint density at radius 2 is 1.79 bits per heavy atom. The van der Waals surface area contributed by atoms with Crippen LogP contribution in [0, 0.1) is 0 Å². The van der Waals surface area contributed by atoms with E-state index in [1.165, 1.54) is 0 Å². The number of carbonyl (C=O) groups is 1. The van der Waals surface area contributed by atoms with Gasteiger partial charge < -0.3 is 14.0 Å². The van der Waals surface area contributed by atoms with Crippen molar-refractivity contribution < 1.29 is 18.8 Å². The first-order valence-corrected chi connectivity index (χ1v) is 8.20. The molecule has 1 aromatic rings. The molecule has 0 saturated carbocycles. The zero-order valence-corrected chi connectivity index (χ0v) is 15.9. The van der Waals surface area contributed by atoms with E-state index in [1.807, 2.05) is 27.7 Å². The minimum absolute atomic E-state index is 0.207. The van der Waals surface area contributed by atoms with Crippen LogP contribution >= 0.6 is 11.6 Å². The third-order valence-electron chi connectivity index (χ3n) is 4.05. The Bertz CT molecular complexity index is 627. The molecule has 6 nitrogen and oxygen atoms in total. The number of carbonyl (C=O) groups excluding carboxylic acids is 1. The molecular weight excluding hydrogens is 330 g/mol. The lowest BCUT2D eigenvalue weighted by molar-refractivity contribution is 0.00578. The molecular formula is C16H24BClN2O4. The number of nitrogens with zero attached hydrogens (tertiary/aromatic N) is 1. The van der Waals surface area contributed by atoms with Crippen LogP contribution in [0.25, 0.3) is 0 Å². The molecule has 24 heavy (non-hydrogen) atoms. The van der Waals surface area contributed by atoms with E-state index < -0.39 is 30.0 Å². The average Bonchev–Trinajstić information content (AvgIpc) is 2.58. The van der Waals surface area contributed by atoms with Gasteiger partial charge in [0.1, 0.15) is 5.60 Å². The van der Waals surface area contributed by atoms with E-state index in [9.17, 15) is 4.79 Å². The maximum absolute atomic E-state index is 11.9. The first kappa shape index (κ1) is 19.0. The van der Waals surface area contributed by atoms with Crippen LogP contribution in [0.2, 0.25) is 5.02 Å². The highest BCUT2D eigenvalue weighted by molar-refractivity contribution is 6.66. The van der Waals surface area contributed by atoms with Gasteiger partial charge in [0.2, 0.25) is 0 Å². The highest BCUT2D eigenvalue weighted by Gasteiger charge is 2.52. The van der Waals surface area contributed by atoms with Gasteiger partial charge in [0.05, 0.1) is 16.2 Å². The molecule has 1 N–H and O–H groups in total. The summed E-state index contributed by atoms with van der Waals surface area (Å²) in [6.45, 7) is 13.2. The minimum Gasteiger partial charge on any atom is -0.444 e. The lowest BCUT2D eigenvalue weighted by atomic mass is 9.79. The summed E-state index contributed by atoms with van der Waals surface area (Å²) < 4.78 is 17.2. The number of halogens is 1. The van der Waals surface area contributed by atoms with Crippen molar-refractivity contribution in [1.29, 1.82) is 0 Å². The lowest BCUT2D eigenvalue weighted by Crippen LogP contribution is -2.41. The Balaban J connectivity index is 2.22. The Morgan fingerprint density at radius 1 is 1.25 bits per heavy atom. The van der Waals surface area contributed by atoms with Crippen molar-refractivity contribution in [1.82, 2.24) is 4.98 Å². The molecule has 0 radical (unpaired) electrons. The van der Waals surface area contributed by atoms with E-state index in [2.05, 4.69) is 10.3 Å². The maximum Gasteiger partial charge on any atom is 0.496 e. The highest BCUT2D eigenvalue weighted by atomic mass is 35.5. The first-order valence-electron chi connectivity index (χ1n) is 7.82. The molecule has 1 aromatic heterocycles. The summed E-state index contributed by atoms with van der Waals surface area (Å²) in [5, 5.41) is 2.82. The van der Waals surface area contributed by atoms with Crippen LogP contribution in [-0.2, 0) is 14.0 Å². The van der Waals surface area contributed by atoms with Gasteiger partial charge in [-0.1, -0.05) is 11.6 Å². The summed E-state index contributed by atoms with van der Waals surface area (Å²) >= 11 is 6.40. The number of pyridine rings is 1. The van der Waals surface area contributed by atoms with E-state index in [4.69, 9.17) is 25.6 Å². The summed E-state index contributed by atoms with van der Waals surface area (Å²) in [6, 6.07) is 1.71. The minimum atomic E-state index is -0.635. The first-order chi connectivity index (χ1) is 10.8. The smallest absolute Gasteiger partial charge is 0.444 e. The lowest BCUT2D eigenvalue weighted by Gasteiger charge is -2.32. The maximum atomic E-state index is 11.9. The van der Waals surface area contributed by atoms with Crippen molar-refractivity contribution >= 4 is 36.1 Å². The van der Waals surface area contributed by atoms with Crippen molar-refractivity contribution in [3.8, 4) is 0 Å². The predicted molar refractivity (Wildman–Crippen MR) is 94.8 cm³/mol. The molecule has 0 unspecified atom stereocenters. The van der Waals surface area contributed by atoms with Crippen molar-refractivity contribution in [2.24, 2.45) is 0 Å². The molecule has 1 fully saturated rings. The third-order valence-corrected chi connectivity index (χ3v) is 4.44. The van der Waals surface area contributed by atoms with Crippen molar-refractivity contribution in [3.63, 3.8) is 0 Å². The normalized spacial score (nSPS) is 19.2. The molecule has 1 aliphatic heterocycles. The van der Waals surface area contributed by atoms with Crippen LogP contribution < -0.4 is 10.8 Å². The predicted octanol–water partition coefficient (Wildman–Crippen LogP) is 3.38. The van der Waals surface area contributed by atoms with Gasteiger partial charge in [0.25, 0.3) is 0 Å². The fraction of sp³-hybridized carbons (Fsp3) is 0.625. The SMILES string of the molecule is CC(C)(C)OC(=O)Nc1nccc(B2OC(C)(C)C(C)(C)O2)c1Cl. The van der Waals surface area contributed by atoms with Crippen molar-refractivity contribution in [2.45, 2.75) is 65.3 Å². The average molecular weight is 355 g/mol. The number of hydrogen-bond donors (Lipinski definition) is 1. The molecule has 1 saturated heterocycles. The third kappa shape index (κ3) is 4.02.